The van der Waals surface area contributed by atoms with Crippen LogP contribution < -0.4 is 4.90 Å². The number of nitrogens with zero attached hydrogens (tertiary/aromatic N) is 1. The maximum absolute atomic E-state index is 13.2. The number of fused-ring (bicyclic) bond motifs is 1. The van der Waals surface area contributed by atoms with Crippen LogP contribution in [0.15, 0.2) is 29.3 Å². The zero-order valence-electron chi connectivity index (χ0n) is 10.7. The van der Waals surface area contributed by atoms with Crippen molar-refractivity contribution in [1.82, 2.24) is 0 Å². The van der Waals surface area contributed by atoms with Crippen LogP contribution in [0.1, 0.15) is 19.4 Å². The first-order chi connectivity index (χ1) is 8.91. The highest BCUT2D eigenvalue weighted by Crippen LogP contribution is 2.30. The van der Waals surface area contributed by atoms with Crippen LogP contribution in [-0.4, -0.2) is 23.5 Å². The molecular weight excluding hydrogens is 249 g/mol. The van der Waals surface area contributed by atoms with Crippen molar-refractivity contribution in [2.24, 2.45) is 0 Å². The lowest BCUT2D eigenvalue weighted by molar-refractivity contribution is -0.133. The van der Waals surface area contributed by atoms with Crippen LogP contribution in [0.25, 0.3) is 0 Å². The molecular formula is C14H14FNO3. The van der Waals surface area contributed by atoms with E-state index in [1.807, 2.05) is 0 Å². The van der Waals surface area contributed by atoms with Crippen molar-refractivity contribution in [2.45, 2.75) is 20.3 Å². The molecule has 4 nitrogen and oxygen atoms in total. The van der Waals surface area contributed by atoms with Gasteiger partial charge in [-0.05, 0) is 38.0 Å². The molecule has 0 atom stereocenters. The average molecular weight is 263 g/mol. The number of aliphatic carboxylic acids is 1. The Morgan fingerprint density at radius 2 is 1.95 bits per heavy atom. The van der Waals surface area contributed by atoms with E-state index in [1.54, 1.807) is 6.07 Å². The number of hydrogen-bond acceptors (Lipinski definition) is 2. The zero-order chi connectivity index (χ0) is 14.2. The molecule has 0 saturated carbocycles. The van der Waals surface area contributed by atoms with Gasteiger partial charge in [-0.25, -0.2) is 9.18 Å². The molecule has 0 aliphatic carbocycles. The van der Waals surface area contributed by atoms with E-state index >= 15 is 0 Å². The number of benzene rings is 1. The first-order valence-corrected chi connectivity index (χ1v) is 5.93. The third-order valence-corrected chi connectivity index (χ3v) is 3.39. The van der Waals surface area contributed by atoms with Crippen LogP contribution in [-0.2, 0) is 16.0 Å². The lowest BCUT2D eigenvalue weighted by atomic mass is 10.1. The Hall–Kier alpha value is -2.17. The van der Waals surface area contributed by atoms with Gasteiger partial charge in [-0.1, -0.05) is 6.07 Å². The van der Waals surface area contributed by atoms with E-state index in [0.29, 0.717) is 18.7 Å². The number of halogens is 1. The fourth-order valence-corrected chi connectivity index (χ4v) is 2.09. The number of carbonyl (C=O) groups is 2. The van der Waals surface area contributed by atoms with Gasteiger partial charge in [0.25, 0.3) is 5.91 Å². The summed E-state index contributed by atoms with van der Waals surface area (Å²) in [6.45, 7) is 3.31. The van der Waals surface area contributed by atoms with Crippen LogP contribution in [0.5, 0.6) is 0 Å². The quantitative estimate of drug-likeness (QED) is 0.832. The Morgan fingerprint density at radius 1 is 1.26 bits per heavy atom. The Kier molecular flexibility index (Phi) is 3.38. The van der Waals surface area contributed by atoms with Gasteiger partial charge < -0.3 is 10.0 Å². The van der Waals surface area contributed by atoms with Crippen molar-refractivity contribution < 1.29 is 19.1 Å². The van der Waals surface area contributed by atoms with Gasteiger partial charge in [0.15, 0.2) is 0 Å². The predicted molar refractivity (Wildman–Crippen MR) is 68.5 cm³/mol. The normalized spacial score (nSPS) is 15.0. The number of hydrogen-bond donors (Lipinski definition) is 1. The summed E-state index contributed by atoms with van der Waals surface area (Å²) < 4.78 is 13.2. The molecule has 0 fully saturated rings. The summed E-state index contributed by atoms with van der Waals surface area (Å²) in [4.78, 5) is 24.5. The van der Waals surface area contributed by atoms with E-state index in [0.717, 1.165) is 5.56 Å². The van der Waals surface area contributed by atoms with Crippen molar-refractivity contribution in [3.63, 3.8) is 0 Å². The van der Waals surface area contributed by atoms with Crippen LogP contribution >= 0.6 is 0 Å². The first kappa shape index (κ1) is 13.3. The van der Waals surface area contributed by atoms with Gasteiger partial charge in [-0.3, -0.25) is 4.79 Å². The summed E-state index contributed by atoms with van der Waals surface area (Å²) in [6, 6.07) is 4.32. The van der Waals surface area contributed by atoms with Crippen molar-refractivity contribution in [2.75, 3.05) is 11.4 Å². The maximum Gasteiger partial charge on any atom is 0.331 e. The van der Waals surface area contributed by atoms with E-state index in [2.05, 4.69) is 0 Å². The fourth-order valence-electron chi connectivity index (χ4n) is 2.09. The van der Waals surface area contributed by atoms with Crippen LogP contribution in [0.2, 0.25) is 0 Å². The Labute approximate surface area is 110 Å². The number of carboxylic acids is 1. The molecule has 0 radical (unpaired) electrons. The van der Waals surface area contributed by atoms with Gasteiger partial charge in [0, 0.05) is 17.7 Å². The molecule has 19 heavy (non-hydrogen) atoms. The Bertz CT molecular complexity index is 592. The highest BCUT2D eigenvalue weighted by atomic mass is 19.1. The highest BCUT2D eigenvalue weighted by Gasteiger charge is 2.27. The van der Waals surface area contributed by atoms with Gasteiger partial charge in [-0.15, -0.1) is 0 Å². The molecule has 0 aromatic heterocycles. The fraction of sp³-hybridized carbons (Fsp3) is 0.286. The van der Waals surface area contributed by atoms with E-state index < -0.39 is 11.8 Å². The average Bonchev–Trinajstić information content (AvgIpc) is 2.78. The molecule has 1 aliphatic rings. The molecule has 1 aliphatic heterocycles. The summed E-state index contributed by atoms with van der Waals surface area (Å²) in [7, 11) is 0. The summed E-state index contributed by atoms with van der Waals surface area (Å²) >= 11 is 0. The van der Waals surface area contributed by atoms with E-state index in [1.165, 1.54) is 30.9 Å². The predicted octanol–water partition coefficient (Wildman–Crippen LogP) is 2.14. The minimum absolute atomic E-state index is 0.00912. The van der Waals surface area contributed by atoms with Gasteiger partial charge in [0.05, 0.1) is 5.69 Å². The second-order valence-electron chi connectivity index (χ2n) is 4.53. The second kappa shape index (κ2) is 4.84. The van der Waals surface area contributed by atoms with Crippen molar-refractivity contribution >= 4 is 17.6 Å². The number of anilines is 1. The van der Waals surface area contributed by atoms with E-state index in [4.69, 9.17) is 5.11 Å². The lowest BCUT2D eigenvalue weighted by Crippen LogP contribution is -2.30. The SMILES string of the molecule is C/C(C(=O)O)=C(/C)C(=O)N1CCc2ccc(F)cc21. The zero-order valence-corrected chi connectivity index (χ0v) is 10.7. The molecule has 0 bridgehead atoms. The molecule has 0 saturated heterocycles. The second-order valence-corrected chi connectivity index (χ2v) is 4.53. The molecule has 0 spiro atoms. The summed E-state index contributed by atoms with van der Waals surface area (Å²) in [5, 5.41) is 8.89. The monoisotopic (exact) mass is 263 g/mol. The van der Waals surface area contributed by atoms with Crippen molar-refractivity contribution in [3.05, 3.63) is 40.7 Å². The molecule has 2 rings (SSSR count). The van der Waals surface area contributed by atoms with Gasteiger partial charge in [0.2, 0.25) is 0 Å². The minimum Gasteiger partial charge on any atom is -0.478 e. The first-order valence-electron chi connectivity index (χ1n) is 5.93. The Balaban J connectivity index is 2.37. The third-order valence-electron chi connectivity index (χ3n) is 3.39. The summed E-state index contributed by atoms with van der Waals surface area (Å²) in [5.74, 6) is -1.91. The summed E-state index contributed by atoms with van der Waals surface area (Å²) in [6.07, 6.45) is 0.654. The van der Waals surface area contributed by atoms with Crippen LogP contribution in [0.3, 0.4) is 0 Å². The smallest absolute Gasteiger partial charge is 0.331 e. The molecule has 1 aromatic rings. The highest BCUT2D eigenvalue weighted by molar-refractivity contribution is 6.10. The van der Waals surface area contributed by atoms with Crippen LogP contribution in [0, 0.1) is 5.82 Å². The summed E-state index contributed by atoms with van der Waals surface area (Å²) in [5.41, 5.74) is 1.61. The molecule has 100 valence electrons. The van der Waals surface area contributed by atoms with Gasteiger partial charge in [-0.2, -0.15) is 0 Å². The number of amides is 1. The van der Waals surface area contributed by atoms with Crippen LogP contribution in [0.4, 0.5) is 10.1 Å². The molecule has 1 heterocycles. The standard InChI is InChI=1S/C14H14FNO3/c1-8(9(2)14(18)19)13(17)16-6-5-10-3-4-11(15)7-12(10)16/h3-4,7H,5-6H2,1-2H3,(H,18,19)/b9-8+. The molecule has 0 unspecified atom stereocenters. The molecule has 1 amide bonds. The largest absolute Gasteiger partial charge is 0.478 e. The van der Waals surface area contributed by atoms with Crippen molar-refractivity contribution in [3.8, 4) is 0 Å². The minimum atomic E-state index is -1.12. The third kappa shape index (κ3) is 2.36. The van der Waals surface area contributed by atoms with Crippen molar-refractivity contribution in [1.29, 1.82) is 0 Å². The molecule has 1 N–H and O–H groups in total. The topological polar surface area (TPSA) is 57.6 Å². The molecule has 1 aromatic carbocycles. The Morgan fingerprint density at radius 3 is 2.58 bits per heavy atom. The van der Waals surface area contributed by atoms with E-state index in [-0.39, 0.29) is 17.1 Å². The van der Waals surface area contributed by atoms with Gasteiger partial charge in [0.1, 0.15) is 5.82 Å². The van der Waals surface area contributed by atoms with Gasteiger partial charge >= 0.3 is 5.97 Å². The number of rotatable bonds is 2. The maximum atomic E-state index is 13.2. The molecule has 5 heteroatoms. The van der Waals surface area contributed by atoms with E-state index in [9.17, 15) is 14.0 Å². The number of carbonyl (C=O) groups excluding carboxylic acids is 1. The lowest BCUT2D eigenvalue weighted by Gasteiger charge is -2.18. The number of carboxylic acid groups (broad SMARTS) is 1.